The van der Waals surface area contributed by atoms with E-state index in [2.05, 4.69) is 63.8 Å². The minimum atomic E-state index is 0.244. The zero-order valence-electron chi connectivity index (χ0n) is 15.7. The van der Waals surface area contributed by atoms with Gasteiger partial charge in [0.15, 0.2) is 0 Å². The van der Waals surface area contributed by atoms with Crippen LogP contribution in [0, 0.1) is 30.6 Å². The Labute approximate surface area is 152 Å². The highest BCUT2D eigenvalue weighted by molar-refractivity contribution is 5.82. The molecule has 2 saturated carbocycles. The monoisotopic (exact) mass is 328 g/mol. The topological polar surface area (TPSA) is 0 Å². The Bertz CT molecular complexity index is 840. The van der Waals surface area contributed by atoms with Crippen molar-refractivity contribution in [1.29, 1.82) is 0 Å². The largest absolute Gasteiger partial charge is 0.0988 e. The van der Waals surface area contributed by atoms with Gasteiger partial charge in [0.1, 0.15) is 0 Å². The molecule has 4 unspecified atom stereocenters. The zero-order valence-corrected chi connectivity index (χ0v) is 15.7. The van der Waals surface area contributed by atoms with Crippen LogP contribution in [0.25, 0.3) is 5.57 Å². The summed E-state index contributed by atoms with van der Waals surface area (Å²) < 4.78 is 0. The van der Waals surface area contributed by atoms with Crippen LogP contribution in [0.15, 0.2) is 60.2 Å². The number of hydrogen-bond donors (Lipinski definition) is 0. The second kappa shape index (κ2) is 5.10. The van der Waals surface area contributed by atoms with E-state index in [0.717, 1.165) is 23.7 Å². The normalized spacial score (nSPS) is 38.0. The number of allylic oxidation sites excluding steroid dienone is 7. The molecule has 0 heterocycles. The van der Waals surface area contributed by atoms with E-state index in [0.29, 0.717) is 0 Å². The molecule has 4 atom stereocenters. The molecule has 25 heavy (non-hydrogen) atoms. The number of aryl methyl sites for hydroxylation is 1. The first kappa shape index (κ1) is 15.4. The van der Waals surface area contributed by atoms with Crippen LogP contribution in [-0.2, 0) is 5.41 Å². The summed E-state index contributed by atoms with van der Waals surface area (Å²) in [5.74, 6) is 3.46. The van der Waals surface area contributed by atoms with Gasteiger partial charge < -0.3 is 0 Å². The summed E-state index contributed by atoms with van der Waals surface area (Å²) in [6, 6.07) is 7.14. The fraction of sp³-hybridized carbons (Fsp3) is 0.440. The van der Waals surface area contributed by atoms with Crippen molar-refractivity contribution in [3.63, 3.8) is 0 Å². The van der Waals surface area contributed by atoms with Crippen LogP contribution in [0.5, 0.6) is 0 Å². The van der Waals surface area contributed by atoms with E-state index in [9.17, 15) is 0 Å². The van der Waals surface area contributed by atoms with Crippen molar-refractivity contribution in [3.05, 3.63) is 76.9 Å². The predicted octanol–water partition coefficient (Wildman–Crippen LogP) is 6.38. The molecular formula is C25H28. The molecule has 0 amide bonds. The Morgan fingerprint density at radius 3 is 2.44 bits per heavy atom. The Hall–Kier alpha value is -1.82. The minimum absolute atomic E-state index is 0.244. The van der Waals surface area contributed by atoms with E-state index >= 15 is 0 Å². The van der Waals surface area contributed by atoms with Crippen LogP contribution in [0.4, 0.5) is 0 Å². The molecule has 4 aliphatic rings. The maximum Gasteiger partial charge on any atom is 0.0217 e. The number of rotatable bonds is 2. The van der Waals surface area contributed by atoms with Crippen LogP contribution < -0.4 is 0 Å². The van der Waals surface area contributed by atoms with Gasteiger partial charge in [-0.2, -0.15) is 0 Å². The quantitative estimate of drug-likeness (QED) is 0.436. The van der Waals surface area contributed by atoms with E-state index < -0.39 is 0 Å². The Morgan fingerprint density at radius 1 is 1.12 bits per heavy atom. The third kappa shape index (κ3) is 1.94. The standard InChI is InChI=1S/C25H28/c1-5-15(2)10-23-17(4)20-9-6-16(3)11-24(20)25(23)13-21-18-7-8-19(12-18)22(21)14-25/h5-11,18-19,21-22H,1,12-14H2,2-4H3/b15-10-. The molecule has 128 valence electrons. The Morgan fingerprint density at radius 2 is 1.80 bits per heavy atom. The van der Waals surface area contributed by atoms with E-state index in [-0.39, 0.29) is 5.41 Å². The highest BCUT2D eigenvalue weighted by Gasteiger charge is 2.58. The van der Waals surface area contributed by atoms with Gasteiger partial charge in [-0.3, -0.25) is 0 Å². The summed E-state index contributed by atoms with van der Waals surface area (Å²) >= 11 is 0. The Kier molecular flexibility index (Phi) is 3.15. The summed E-state index contributed by atoms with van der Waals surface area (Å²) in [6.07, 6.45) is 13.6. The van der Waals surface area contributed by atoms with Crippen LogP contribution in [-0.4, -0.2) is 0 Å². The third-order valence-corrected chi connectivity index (χ3v) is 7.68. The van der Waals surface area contributed by atoms with Crippen molar-refractivity contribution < 1.29 is 0 Å². The SMILES string of the molecule is C=C/C(C)=C\C1=C(C)c2ccc(C)cc2C12CC1C3C=CC(C3)C1C2. The molecule has 2 bridgehead atoms. The fourth-order valence-electron chi connectivity index (χ4n) is 6.52. The molecule has 0 radical (unpaired) electrons. The van der Waals surface area contributed by atoms with Gasteiger partial charge in [0.05, 0.1) is 0 Å². The number of hydrogen-bond acceptors (Lipinski definition) is 0. The molecule has 0 saturated heterocycles. The number of fused-ring (bicyclic) bond motifs is 7. The molecule has 1 spiro atoms. The van der Waals surface area contributed by atoms with Crippen molar-refractivity contribution >= 4 is 5.57 Å². The van der Waals surface area contributed by atoms with Crippen LogP contribution >= 0.6 is 0 Å². The van der Waals surface area contributed by atoms with Gasteiger partial charge in [0.2, 0.25) is 0 Å². The summed E-state index contributed by atoms with van der Waals surface area (Å²) in [6.45, 7) is 10.8. The first-order valence-electron chi connectivity index (χ1n) is 9.85. The zero-order chi connectivity index (χ0) is 17.3. The maximum atomic E-state index is 4.00. The van der Waals surface area contributed by atoms with Crippen molar-refractivity contribution in [2.45, 2.75) is 45.4 Å². The molecule has 0 N–H and O–H groups in total. The van der Waals surface area contributed by atoms with Gasteiger partial charge in [0.25, 0.3) is 0 Å². The van der Waals surface area contributed by atoms with Gasteiger partial charge in [-0.25, -0.2) is 0 Å². The predicted molar refractivity (Wildman–Crippen MR) is 106 cm³/mol. The minimum Gasteiger partial charge on any atom is -0.0988 e. The summed E-state index contributed by atoms with van der Waals surface area (Å²) in [5, 5.41) is 0. The fourth-order valence-corrected chi connectivity index (χ4v) is 6.52. The highest BCUT2D eigenvalue weighted by atomic mass is 14.6. The third-order valence-electron chi connectivity index (χ3n) is 7.68. The van der Waals surface area contributed by atoms with E-state index in [4.69, 9.17) is 0 Å². The summed E-state index contributed by atoms with van der Waals surface area (Å²) in [5.41, 5.74) is 9.12. The van der Waals surface area contributed by atoms with Crippen molar-refractivity contribution in [1.82, 2.24) is 0 Å². The van der Waals surface area contributed by atoms with Crippen LogP contribution in [0.3, 0.4) is 0 Å². The maximum absolute atomic E-state index is 4.00. The summed E-state index contributed by atoms with van der Waals surface area (Å²) in [7, 11) is 0. The molecule has 4 aliphatic carbocycles. The van der Waals surface area contributed by atoms with Crippen LogP contribution in [0.2, 0.25) is 0 Å². The van der Waals surface area contributed by atoms with Crippen LogP contribution in [0.1, 0.15) is 49.8 Å². The first-order valence-corrected chi connectivity index (χ1v) is 9.85. The molecule has 0 aliphatic heterocycles. The second-order valence-electron chi connectivity index (χ2n) is 8.95. The van der Waals surface area contributed by atoms with Gasteiger partial charge in [-0.05, 0) is 86.0 Å². The average Bonchev–Trinajstić information content (AvgIpc) is 3.33. The smallest absolute Gasteiger partial charge is 0.0217 e. The molecule has 0 nitrogen and oxygen atoms in total. The van der Waals surface area contributed by atoms with E-state index in [1.165, 1.54) is 41.5 Å². The lowest BCUT2D eigenvalue weighted by Crippen LogP contribution is -2.24. The second-order valence-corrected chi connectivity index (χ2v) is 8.95. The van der Waals surface area contributed by atoms with Crippen molar-refractivity contribution in [3.8, 4) is 0 Å². The molecular weight excluding hydrogens is 300 g/mol. The van der Waals surface area contributed by atoms with Gasteiger partial charge in [-0.15, -0.1) is 0 Å². The lowest BCUT2D eigenvalue weighted by atomic mass is 9.72. The van der Waals surface area contributed by atoms with Gasteiger partial charge >= 0.3 is 0 Å². The molecule has 1 aromatic carbocycles. The van der Waals surface area contributed by atoms with E-state index in [1.807, 2.05) is 6.08 Å². The van der Waals surface area contributed by atoms with Gasteiger partial charge in [0, 0.05) is 5.41 Å². The van der Waals surface area contributed by atoms with E-state index in [1.54, 1.807) is 11.1 Å². The van der Waals surface area contributed by atoms with Gasteiger partial charge in [-0.1, -0.05) is 60.2 Å². The van der Waals surface area contributed by atoms with Crippen molar-refractivity contribution in [2.75, 3.05) is 0 Å². The average molecular weight is 328 g/mol. The highest BCUT2D eigenvalue weighted by Crippen LogP contribution is 2.66. The van der Waals surface area contributed by atoms with Crippen molar-refractivity contribution in [2.24, 2.45) is 23.7 Å². The lowest BCUT2D eigenvalue weighted by molar-refractivity contribution is 0.364. The number of benzene rings is 1. The summed E-state index contributed by atoms with van der Waals surface area (Å²) in [4.78, 5) is 0. The molecule has 0 aromatic heterocycles. The molecule has 0 heteroatoms. The molecule has 2 fully saturated rings. The molecule has 1 aromatic rings. The first-order chi connectivity index (χ1) is 12.0. The Balaban J connectivity index is 1.69. The lowest BCUT2D eigenvalue weighted by Gasteiger charge is -2.31. The molecule has 5 rings (SSSR count).